The Kier molecular flexibility index (Phi) is 4.34. The van der Waals surface area contributed by atoms with E-state index >= 15 is 0 Å². The summed E-state index contributed by atoms with van der Waals surface area (Å²) in [6, 6.07) is 0. The van der Waals surface area contributed by atoms with E-state index in [0.717, 1.165) is 0 Å². The SMILES string of the molecule is C#CC(N)(CCCN)C(=O)OC. The van der Waals surface area contributed by atoms with Crippen LogP contribution in [0.1, 0.15) is 12.8 Å². The Morgan fingerprint density at radius 3 is 2.67 bits per heavy atom. The van der Waals surface area contributed by atoms with Gasteiger partial charge in [0.1, 0.15) is 0 Å². The first-order chi connectivity index (χ1) is 5.60. The molecule has 0 aliphatic rings. The van der Waals surface area contributed by atoms with Crippen molar-refractivity contribution in [2.75, 3.05) is 13.7 Å². The molecule has 0 heterocycles. The maximum absolute atomic E-state index is 11.0. The van der Waals surface area contributed by atoms with Crippen molar-refractivity contribution in [3.05, 3.63) is 0 Å². The van der Waals surface area contributed by atoms with Crippen molar-refractivity contribution in [1.29, 1.82) is 0 Å². The van der Waals surface area contributed by atoms with E-state index in [9.17, 15) is 4.79 Å². The fourth-order valence-electron chi connectivity index (χ4n) is 0.796. The van der Waals surface area contributed by atoms with Gasteiger partial charge in [0, 0.05) is 0 Å². The highest BCUT2D eigenvalue weighted by atomic mass is 16.5. The Morgan fingerprint density at radius 2 is 2.33 bits per heavy atom. The van der Waals surface area contributed by atoms with Crippen molar-refractivity contribution in [2.45, 2.75) is 18.4 Å². The second-order valence-electron chi connectivity index (χ2n) is 2.50. The number of esters is 1. The molecule has 1 atom stereocenters. The number of rotatable bonds is 4. The molecule has 0 saturated carbocycles. The van der Waals surface area contributed by atoms with Crippen molar-refractivity contribution >= 4 is 5.97 Å². The fraction of sp³-hybridized carbons (Fsp3) is 0.625. The van der Waals surface area contributed by atoms with Crippen molar-refractivity contribution in [1.82, 2.24) is 0 Å². The predicted molar refractivity (Wildman–Crippen MR) is 46.1 cm³/mol. The Morgan fingerprint density at radius 1 is 1.75 bits per heavy atom. The van der Waals surface area contributed by atoms with Crippen molar-refractivity contribution in [2.24, 2.45) is 11.5 Å². The molecule has 0 amide bonds. The highest BCUT2D eigenvalue weighted by Crippen LogP contribution is 2.09. The highest BCUT2D eigenvalue weighted by Gasteiger charge is 2.31. The van der Waals surface area contributed by atoms with Crippen LogP contribution in [0.5, 0.6) is 0 Å². The summed E-state index contributed by atoms with van der Waals surface area (Å²) in [7, 11) is 1.25. The van der Waals surface area contributed by atoms with Crippen LogP contribution in [0.25, 0.3) is 0 Å². The van der Waals surface area contributed by atoms with Crippen LogP contribution in [0.3, 0.4) is 0 Å². The molecule has 0 bridgehead atoms. The first kappa shape index (κ1) is 11.0. The molecule has 0 fully saturated rings. The predicted octanol–water partition coefficient (Wildman–Crippen LogP) is -0.771. The van der Waals surface area contributed by atoms with Gasteiger partial charge in [0.05, 0.1) is 7.11 Å². The molecule has 12 heavy (non-hydrogen) atoms. The molecule has 4 nitrogen and oxygen atoms in total. The van der Waals surface area contributed by atoms with E-state index in [0.29, 0.717) is 19.4 Å². The van der Waals surface area contributed by atoms with Gasteiger partial charge in [-0.25, -0.2) is 4.79 Å². The van der Waals surface area contributed by atoms with E-state index < -0.39 is 11.5 Å². The molecule has 1 unspecified atom stereocenters. The van der Waals surface area contributed by atoms with Gasteiger partial charge in [0.15, 0.2) is 5.54 Å². The maximum atomic E-state index is 11.0. The largest absolute Gasteiger partial charge is 0.467 e. The van der Waals surface area contributed by atoms with Crippen LogP contribution in [0.2, 0.25) is 0 Å². The van der Waals surface area contributed by atoms with Gasteiger partial charge in [-0.3, -0.25) is 0 Å². The second-order valence-corrected chi connectivity index (χ2v) is 2.50. The lowest BCUT2D eigenvalue weighted by Crippen LogP contribution is -2.47. The minimum absolute atomic E-state index is 0.354. The summed E-state index contributed by atoms with van der Waals surface area (Å²) in [5, 5.41) is 0. The monoisotopic (exact) mass is 170 g/mol. The topological polar surface area (TPSA) is 78.3 Å². The average molecular weight is 170 g/mol. The number of nitrogens with two attached hydrogens (primary N) is 2. The smallest absolute Gasteiger partial charge is 0.338 e. The van der Waals surface area contributed by atoms with E-state index in [-0.39, 0.29) is 0 Å². The Balaban J connectivity index is 4.26. The molecule has 0 aliphatic carbocycles. The molecular weight excluding hydrogens is 156 g/mol. The molecule has 0 rings (SSSR count). The summed E-state index contributed by atoms with van der Waals surface area (Å²) in [6.07, 6.45) is 6.07. The average Bonchev–Trinajstić information content (AvgIpc) is 2.12. The van der Waals surface area contributed by atoms with E-state index in [1.807, 2.05) is 0 Å². The Bertz CT molecular complexity index is 198. The van der Waals surface area contributed by atoms with Crippen LogP contribution < -0.4 is 11.5 Å². The minimum Gasteiger partial charge on any atom is -0.467 e. The third-order valence-corrected chi connectivity index (χ3v) is 1.58. The number of hydrogen-bond donors (Lipinski definition) is 2. The summed E-state index contributed by atoms with van der Waals surface area (Å²) in [5.74, 6) is 1.63. The van der Waals surface area contributed by atoms with Crippen LogP contribution in [0.15, 0.2) is 0 Å². The first-order valence-electron chi connectivity index (χ1n) is 3.66. The third-order valence-electron chi connectivity index (χ3n) is 1.58. The lowest BCUT2D eigenvalue weighted by atomic mass is 9.96. The van der Waals surface area contributed by atoms with E-state index in [1.54, 1.807) is 0 Å². The summed E-state index contributed by atoms with van der Waals surface area (Å²) < 4.78 is 4.46. The van der Waals surface area contributed by atoms with Crippen molar-refractivity contribution < 1.29 is 9.53 Å². The molecule has 4 N–H and O–H groups in total. The highest BCUT2D eigenvalue weighted by molar-refractivity contribution is 5.84. The van der Waals surface area contributed by atoms with Crippen LogP contribution >= 0.6 is 0 Å². The fourth-order valence-corrected chi connectivity index (χ4v) is 0.796. The van der Waals surface area contributed by atoms with Crippen LogP contribution in [0, 0.1) is 12.3 Å². The number of methoxy groups -OCH3 is 1. The van der Waals surface area contributed by atoms with Gasteiger partial charge in [-0.15, -0.1) is 6.42 Å². The summed E-state index contributed by atoms with van der Waals surface area (Å²) >= 11 is 0. The van der Waals surface area contributed by atoms with Gasteiger partial charge in [0.25, 0.3) is 0 Å². The molecule has 0 saturated heterocycles. The van der Waals surface area contributed by atoms with E-state index in [2.05, 4.69) is 10.7 Å². The number of terminal acetylenes is 1. The van der Waals surface area contributed by atoms with Gasteiger partial charge >= 0.3 is 5.97 Å². The third kappa shape index (κ3) is 2.53. The molecule has 0 aromatic heterocycles. The van der Waals surface area contributed by atoms with Crippen LogP contribution in [-0.4, -0.2) is 25.2 Å². The standard InChI is InChI=1S/C8H14N2O2/c1-3-8(10,5-4-6-9)7(11)12-2/h1H,4-6,9-10H2,2H3. The zero-order valence-electron chi connectivity index (χ0n) is 7.17. The van der Waals surface area contributed by atoms with Gasteiger partial charge in [0.2, 0.25) is 0 Å². The minimum atomic E-state index is -1.31. The number of carbonyl (C=O) groups is 1. The van der Waals surface area contributed by atoms with E-state index in [4.69, 9.17) is 17.9 Å². The lowest BCUT2D eigenvalue weighted by Gasteiger charge is -2.19. The molecule has 0 aromatic rings. The van der Waals surface area contributed by atoms with Crippen molar-refractivity contribution in [3.8, 4) is 12.3 Å². The molecule has 0 radical (unpaired) electrons. The molecule has 68 valence electrons. The molecule has 0 aliphatic heterocycles. The van der Waals surface area contributed by atoms with Gasteiger partial charge < -0.3 is 16.2 Å². The number of carbonyl (C=O) groups excluding carboxylic acids is 1. The summed E-state index contributed by atoms with van der Waals surface area (Å²) in [5.41, 5.74) is 9.52. The molecule has 4 heteroatoms. The quantitative estimate of drug-likeness (QED) is 0.429. The molecular formula is C8H14N2O2. The van der Waals surface area contributed by atoms with Gasteiger partial charge in [-0.2, -0.15) is 0 Å². The second kappa shape index (κ2) is 4.75. The summed E-state index contributed by atoms with van der Waals surface area (Å²) in [6.45, 7) is 0.456. The number of hydrogen-bond acceptors (Lipinski definition) is 4. The zero-order chi connectivity index (χ0) is 9.61. The normalized spacial score (nSPS) is 14.5. The first-order valence-corrected chi connectivity index (χ1v) is 3.66. The Hall–Kier alpha value is -1.05. The van der Waals surface area contributed by atoms with Gasteiger partial charge in [-0.05, 0) is 19.4 Å². The molecule has 0 spiro atoms. The zero-order valence-corrected chi connectivity index (χ0v) is 7.17. The Labute approximate surface area is 72.2 Å². The maximum Gasteiger partial charge on any atom is 0.338 e. The molecule has 0 aromatic carbocycles. The number of ether oxygens (including phenoxy) is 1. The van der Waals surface area contributed by atoms with Gasteiger partial charge in [-0.1, -0.05) is 5.92 Å². The summed E-state index contributed by atoms with van der Waals surface area (Å²) in [4.78, 5) is 11.0. The van der Waals surface area contributed by atoms with Crippen LogP contribution in [0.4, 0.5) is 0 Å². The van der Waals surface area contributed by atoms with Crippen LogP contribution in [-0.2, 0) is 9.53 Å². The van der Waals surface area contributed by atoms with E-state index in [1.165, 1.54) is 7.11 Å². The lowest BCUT2D eigenvalue weighted by molar-refractivity contribution is -0.145. The van der Waals surface area contributed by atoms with Crippen molar-refractivity contribution in [3.63, 3.8) is 0 Å².